The molecule has 3 aromatic rings. The summed E-state index contributed by atoms with van der Waals surface area (Å²) in [6.07, 6.45) is 2.86. The van der Waals surface area contributed by atoms with Crippen LogP contribution in [0.5, 0.6) is 0 Å². The lowest BCUT2D eigenvalue weighted by atomic mass is 10.2. The van der Waals surface area contributed by atoms with Gasteiger partial charge in [-0.15, -0.1) is 0 Å². The van der Waals surface area contributed by atoms with Gasteiger partial charge in [0.25, 0.3) is 0 Å². The van der Waals surface area contributed by atoms with Gasteiger partial charge in [0, 0.05) is 26.2 Å². The van der Waals surface area contributed by atoms with E-state index in [1.54, 1.807) is 0 Å². The van der Waals surface area contributed by atoms with Crippen LogP contribution in [0.15, 0.2) is 59.7 Å². The van der Waals surface area contributed by atoms with Crippen molar-refractivity contribution in [2.45, 2.75) is 13.3 Å². The number of hydrogen-bond acceptors (Lipinski definition) is 4. The van der Waals surface area contributed by atoms with Crippen LogP contribution < -0.4 is 10.6 Å². The number of fused-ring (bicyclic) bond motifs is 1. The molecule has 0 unspecified atom stereocenters. The zero-order valence-corrected chi connectivity index (χ0v) is 15.5. The summed E-state index contributed by atoms with van der Waals surface area (Å²) in [5.41, 5.74) is 10.2. The van der Waals surface area contributed by atoms with E-state index in [1.807, 2.05) is 48.7 Å². The first-order valence-electron chi connectivity index (χ1n) is 9.32. The van der Waals surface area contributed by atoms with Crippen LogP contribution in [0.1, 0.15) is 12.0 Å². The molecular formula is C21H24N6. The minimum atomic E-state index is 0.579. The summed E-state index contributed by atoms with van der Waals surface area (Å²) < 4.78 is 0. The van der Waals surface area contributed by atoms with Gasteiger partial charge in [0.2, 0.25) is 0 Å². The molecule has 0 spiro atoms. The van der Waals surface area contributed by atoms with Gasteiger partial charge in [0.1, 0.15) is 5.82 Å². The average molecular weight is 360 g/mol. The normalized spacial score (nSPS) is 15.8. The zero-order valence-electron chi connectivity index (χ0n) is 15.5. The molecule has 1 aromatic heterocycles. The van der Waals surface area contributed by atoms with Crippen LogP contribution in [0.2, 0.25) is 0 Å². The Labute approximate surface area is 159 Å². The average Bonchev–Trinajstić information content (AvgIpc) is 2.96. The lowest BCUT2D eigenvalue weighted by Crippen LogP contribution is -2.40. The summed E-state index contributed by atoms with van der Waals surface area (Å²) in [7, 11) is 0. The molecule has 0 atom stereocenters. The number of nitrogens with zero attached hydrogens (tertiary/aromatic N) is 5. The van der Waals surface area contributed by atoms with E-state index in [4.69, 9.17) is 10.7 Å². The number of anilines is 1. The fourth-order valence-electron chi connectivity index (χ4n) is 3.36. The van der Waals surface area contributed by atoms with Gasteiger partial charge in [0.15, 0.2) is 5.96 Å². The molecule has 0 saturated carbocycles. The van der Waals surface area contributed by atoms with Gasteiger partial charge in [-0.3, -0.25) is 4.98 Å². The van der Waals surface area contributed by atoms with Crippen molar-refractivity contribution in [1.29, 1.82) is 0 Å². The Kier molecular flexibility index (Phi) is 4.87. The molecule has 2 N–H and O–H groups in total. The Morgan fingerprint density at radius 1 is 0.963 bits per heavy atom. The van der Waals surface area contributed by atoms with E-state index in [9.17, 15) is 0 Å². The molecule has 0 aliphatic carbocycles. The van der Waals surface area contributed by atoms with Crippen molar-refractivity contribution in [2.75, 3.05) is 31.1 Å². The molecule has 1 aliphatic heterocycles. The summed E-state index contributed by atoms with van der Waals surface area (Å²) in [4.78, 5) is 18.4. The third-order valence-electron chi connectivity index (χ3n) is 4.93. The number of nitrogens with two attached hydrogens (primary N) is 1. The molecule has 0 bridgehead atoms. The molecule has 0 amide bonds. The van der Waals surface area contributed by atoms with Crippen LogP contribution in [0, 0.1) is 6.92 Å². The fraction of sp³-hybridized carbons (Fsp3) is 0.286. The van der Waals surface area contributed by atoms with Crippen molar-refractivity contribution >= 4 is 28.5 Å². The van der Waals surface area contributed by atoms with Gasteiger partial charge in [-0.1, -0.05) is 30.3 Å². The van der Waals surface area contributed by atoms with E-state index < -0.39 is 0 Å². The second-order valence-electron chi connectivity index (χ2n) is 6.80. The number of aliphatic imine (C=N–C) groups is 1. The Morgan fingerprint density at radius 2 is 1.74 bits per heavy atom. The lowest BCUT2D eigenvalue weighted by Gasteiger charge is -2.23. The minimum Gasteiger partial charge on any atom is -0.369 e. The Hall–Kier alpha value is -3.15. The van der Waals surface area contributed by atoms with Crippen LogP contribution in [0.3, 0.4) is 0 Å². The molecular weight excluding hydrogens is 336 g/mol. The van der Waals surface area contributed by atoms with Crippen LogP contribution in [-0.4, -0.2) is 47.0 Å². The van der Waals surface area contributed by atoms with Crippen molar-refractivity contribution in [3.63, 3.8) is 0 Å². The molecule has 4 rings (SSSR count). The highest BCUT2D eigenvalue weighted by Crippen LogP contribution is 2.19. The highest BCUT2D eigenvalue weighted by molar-refractivity contribution is 5.81. The third kappa shape index (κ3) is 3.84. The standard InChI is InChI=1S/C21H24N6/c1-16-7-2-3-8-17(16)25-21(22)27-12-6-11-26(13-14-27)20-15-23-18-9-4-5-10-19(18)24-20/h2-5,7-10,15H,6,11-14H2,1H3,(H2,22,25). The maximum atomic E-state index is 6.31. The first-order chi connectivity index (χ1) is 13.2. The molecule has 2 aromatic carbocycles. The van der Waals surface area contributed by atoms with Crippen LogP contribution in [0.25, 0.3) is 11.0 Å². The summed E-state index contributed by atoms with van der Waals surface area (Å²) in [6, 6.07) is 16.0. The Morgan fingerprint density at radius 3 is 2.59 bits per heavy atom. The smallest absolute Gasteiger partial charge is 0.196 e. The van der Waals surface area contributed by atoms with E-state index in [0.717, 1.165) is 60.7 Å². The van der Waals surface area contributed by atoms with Crippen molar-refractivity contribution in [1.82, 2.24) is 14.9 Å². The first-order valence-corrected chi connectivity index (χ1v) is 9.32. The molecule has 1 aliphatic rings. The summed E-state index contributed by atoms with van der Waals surface area (Å²) in [5, 5.41) is 0. The Balaban J connectivity index is 1.49. The van der Waals surface area contributed by atoms with Gasteiger partial charge in [-0.2, -0.15) is 0 Å². The predicted octanol–water partition coefficient (Wildman–Crippen LogP) is 3.10. The number of guanidine groups is 1. The van der Waals surface area contributed by atoms with Crippen LogP contribution in [0.4, 0.5) is 11.5 Å². The molecule has 1 saturated heterocycles. The molecule has 1 fully saturated rings. The second-order valence-corrected chi connectivity index (χ2v) is 6.80. The molecule has 2 heterocycles. The maximum Gasteiger partial charge on any atom is 0.196 e. The number of benzene rings is 2. The van der Waals surface area contributed by atoms with Crippen molar-refractivity contribution in [3.8, 4) is 0 Å². The first kappa shape index (κ1) is 17.3. The van der Waals surface area contributed by atoms with Gasteiger partial charge >= 0.3 is 0 Å². The molecule has 6 nitrogen and oxygen atoms in total. The largest absolute Gasteiger partial charge is 0.369 e. The quantitative estimate of drug-likeness (QED) is 0.562. The molecule has 138 valence electrons. The molecule has 6 heteroatoms. The Bertz CT molecular complexity index is 968. The highest BCUT2D eigenvalue weighted by atomic mass is 15.3. The molecule has 0 radical (unpaired) electrons. The summed E-state index contributed by atoms with van der Waals surface area (Å²) >= 11 is 0. The van der Waals surface area contributed by atoms with Crippen molar-refractivity contribution in [3.05, 3.63) is 60.3 Å². The number of para-hydroxylation sites is 3. The third-order valence-corrected chi connectivity index (χ3v) is 4.93. The van der Waals surface area contributed by atoms with E-state index in [1.165, 1.54) is 0 Å². The van der Waals surface area contributed by atoms with E-state index >= 15 is 0 Å². The van der Waals surface area contributed by atoms with Crippen LogP contribution >= 0.6 is 0 Å². The summed E-state index contributed by atoms with van der Waals surface area (Å²) in [5.74, 6) is 1.50. The van der Waals surface area contributed by atoms with Gasteiger partial charge in [0.05, 0.1) is 22.9 Å². The highest BCUT2D eigenvalue weighted by Gasteiger charge is 2.18. The van der Waals surface area contributed by atoms with Crippen molar-refractivity contribution < 1.29 is 0 Å². The SMILES string of the molecule is Cc1ccccc1N=C(N)N1CCCN(c2cnc3ccccc3n2)CC1. The van der Waals surface area contributed by atoms with Gasteiger partial charge < -0.3 is 15.5 Å². The fourth-order valence-corrected chi connectivity index (χ4v) is 3.36. The topological polar surface area (TPSA) is 70.6 Å². The van der Waals surface area contributed by atoms with Crippen LogP contribution in [-0.2, 0) is 0 Å². The number of aromatic nitrogens is 2. The molecule has 27 heavy (non-hydrogen) atoms. The van der Waals surface area contributed by atoms with Crippen molar-refractivity contribution in [2.24, 2.45) is 10.7 Å². The summed E-state index contributed by atoms with van der Waals surface area (Å²) in [6.45, 7) is 5.53. The predicted molar refractivity (Wildman–Crippen MR) is 110 cm³/mol. The number of aryl methyl sites for hydroxylation is 1. The monoisotopic (exact) mass is 360 g/mol. The minimum absolute atomic E-state index is 0.579. The van der Waals surface area contributed by atoms with E-state index in [0.29, 0.717) is 5.96 Å². The number of hydrogen-bond donors (Lipinski definition) is 1. The maximum absolute atomic E-state index is 6.31. The van der Waals surface area contributed by atoms with Gasteiger partial charge in [-0.25, -0.2) is 9.98 Å². The number of rotatable bonds is 2. The van der Waals surface area contributed by atoms with E-state index in [2.05, 4.69) is 32.8 Å². The lowest BCUT2D eigenvalue weighted by molar-refractivity contribution is 0.443. The van der Waals surface area contributed by atoms with Gasteiger partial charge in [-0.05, 0) is 37.1 Å². The second kappa shape index (κ2) is 7.61. The van der Waals surface area contributed by atoms with E-state index in [-0.39, 0.29) is 0 Å². The zero-order chi connectivity index (χ0) is 18.6.